The third-order valence-electron chi connectivity index (χ3n) is 10.1. The minimum atomic E-state index is -2.07. The van der Waals surface area contributed by atoms with Crippen molar-refractivity contribution in [3.63, 3.8) is 0 Å². The van der Waals surface area contributed by atoms with Gasteiger partial charge in [0.15, 0.2) is 6.10 Å². The standard InChI is InChI=1S/C36H38O12/c1-21(38)44-29-26(45-30(39)22-12-7-5-8-13-22)19-34(4,42)36-28(47-31(40)23-14-9-6-10-15-23)24(33(2,3)48-36)18-27(35(29,36)20-37)46-32(41)25-16-11-17-43-25/h5-17,24,26-29,37,42H,18-20H2,1-4H3/t24-,26-,27+,28-,29+,34+,35-,36+/m1/s1. The fourth-order valence-corrected chi connectivity index (χ4v) is 8.15. The number of fused-ring (bicyclic) bond motifs is 1. The molecule has 12 heteroatoms. The van der Waals surface area contributed by atoms with Gasteiger partial charge in [0.1, 0.15) is 29.3 Å². The molecule has 3 fully saturated rings. The van der Waals surface area contributed by atoms with Crippen LogP contribution in [0.3, 0.4) is 0 Å². The van der Waals surface area contributed by atoms with Crippen LogP contribution in [0.1, 0.15) is 71.8 Å². The van der Waals surface area contributed by atoms with Gasteiger partial charge in [-0.25, -0.2) is 14.4 Å². The Balaban J connectivity index is 1.54. The van der Waals surface area contributed by atoms with Crippen LogP contribution in [0.25, 0.3) is 0 Å². The average Bonchev–Trinajstić information content (AvgIpc) is 3.65. The van der Waals surface area contributed by atoms with Gasteiger partial charge in [0.2, 0.25) is 5.76 Å². The molecule has 1 saturated heterocycles. The number of rotatable bonds is 8. The zero-order valence-corrected chi connectivity index (χ0v) is 27.0. The molecule has 2 aliphatic carbocycles. The lowest BCUT2D eigenvalue weighted by molar-refractivity contribution is -0.353. The molecule has 6 rings (SSSR count). The second-order valence-corrected chi connectivity index (χ2v) is 13.4. The van der Waals surface area contributed by atoms with Gasteiger partial charge in [0.05, 0.1) is 35.2 Å². The van der Waals surface area contributed by atoms with Crippen LogP contribution in [0, 0.1) is 11.3 Å². The monoisotopic (exact) mass is 662 g/mol. The van der Waals surface area contributed by atoms with Gasteiger partial charge in [0.25, 0.3) is 0 Å². The Labute approximate surface area is 276 Å². The lowest BCUT2D eigenvalue weighted by Crippen LogP contribution is -2.83. The Hall–Kier alpha value is -4.52. The largest absolute Gasteiger partial charge is 0.458 e. The predicted octanol–water partition coefficient (Wildman–Crippen LogP) is 3.89. The number of carbonyl (C=O) groups is 4. The molecule has 2 saturated carbocycles. The molecule has 0 amide bonds. The smallest absolute Gasteiger partial charge is 0.374 e. The highest BCUT2D eigenvalue weighted by Gasteiger charge is 2.86. The summed E-state index contributed by atoms with van der Waals surface area (Å²) in [5, 5.41) is 24.3. The van der Waals surface area contributed by atoms with Gasteiger partial charge in [-0.15, -0.1) is 0 Å². The van der Waals surface area contributed by atoms with Gasteiger partial charge in [0, 0.05) is 19.3 Å². The fourth-order valence-electron chi connectivity index (χ4n) is 8.15. The first-order valence-electron chi connectivity index (χ1n) is 15.7. The maximum absolute atomic E-state index is 13.7. The van der Waals surface area contributed by atoms with Crippen molar-refractivity contribution in [2.24, 2.45) is 11.3 Å². The van der Waals surface area contributed by atoms with E-state index >= 15 is 0 Å². The zero-order chi connectivity index (χ0) is 34.5. The van der Waals surface area contributed by atoms with Gasteiger partial charge in [-0.2, -0.15) is 0 Å². The summed E-state index contributed by atoms with van der Waals surface area (Å²) in [6, 6.07) is 19.2. The molecule has 2 aromatic carbocycles. The number of esters is 4. The molecule has 2 N–H and O–H groups in total. The van der Waals surface area contributed by atoms with Crippen molar-refractivity contribution in [2.75, 3.05) is 6.61 Å². The normalized spacial score (nSPS) is 33.2. The summed E-state index contributed by atoms with van der Waals surface area (Å²) >= 11 is 0. The van der Waals surface area contributed by atoms with Crippen molar-refractivity contribution < 1.29 is 57.5 Å². The Morgan fingerprint density at radius 1 is 0.792 bits per heavy atom. The number of hydrogen-bond acceptors (Lipinski definition) is 12. The van der Waals surface area contributed by atoms with E-state index in [1.807, 2.05) is 0 Å². The Morgan fingerprint density at radius 3 is 1.94 bits per heavy atom. The highest BCUT2D eigenvalue weighted by molar-refractivity contribution is 5.90. The number of ether oxygens (including phenoxy) is 5. The minimum Gasteiger partial charge on any atom is -0.458 e. The van der Waals surface area contributed by atoms with E-state index in [-0.39, 0.29) is 29.7 Å². The zero-order valence-electron chi connectivity index (χ0n) is 27.0. The van der Waals surface area contributed by atoms with Gasteiger partial charge in [-0.05, 0) is 63.6 Å². The Bertz CT molecular complexity index is 1670. The second kappa shape index (κ2) is 12.2. The SMILES string of the molecule is CC(=O)O[C@H]1[C@H](OC(=O)c2ccccc2)C[C@](C)(O)[C@]23OC(C)(C)[C@H](C[C@H](OC(=O)c4ccco4)[C@]12CO)[C@H]3OC(=O)c1ccccc1. The predicted molar refractivity (Wildman–Crippen MR) is 166 cm³/mol. The van der Waals surface area contributed by atoms with Crippen LogP contribution in [-0.4, -0.2) is 81.9 Å². The molecule has 1 spiro atoms. The van der Waals surface area contributed by atoms with Crippen LogP contribution in [0.4, 0.5) is 0 Å². The number of aliphatic hydroxyl groups is 2. The first-order valence-corrected chi connectivity index (χ1v) is 15.7. The molecule has 12 nitrogen and oxygen atoms in total. The lowest BCUT2D eigenvalue weighted by atomic mass is 9.46. The van der Waals surface area contributed by atoms with Crippen molar-refractivity contribution in [3.05, 3.63) is 95.9 Å². The van der Waals surface area contributed by atoms with E-state index < -0.39 is 83.0 Å². The molecule has 3 aliphatic rings. The average molecular weight is 663 g/mol. The van der Waals surface area contributed by atoms with Crippen molar-refractivity contribution >= 4 is 23.9 Å². The summed E-state index contributed by atoms with van der Waals surface area (Å²) in [6.07, 6.45) is -4.68. The summed E-state index contributed by atoms with van der Waals surface area (Å²) < 4.78 is 36.4. The van der Waals surface area contributed by atoms with E-state index in [1.54, 1.807) is 62.4 Å². The first kappa shape index (κ1) is 33.4. The molecular formula is C36H38O12. The summed E-state index contributed by atoms with van der Waals surface area (Å²) in [5.74, 6) is -4.04. The molecular weight excluding hydrogens is 624 g/mol. The molecule has 2 bridgehead atoms. The van der Waals surface area contributed by atoms with Gasteiger partial charge >= 0.3 is 23.9 Å². The number of hydrogen-bond donors (Lipinski definition) is 2. The quantitative estimate of drug-likeness (QED) is 0.264. The molecule has 48 heavy (non-hydrogen) atoms. The van der Waals surface area contributed by atoms with E-state index in [4.69, 9.17) is 28.1 Å². The fraction of sp³-hybridized carbons (Fsp3) is 0.444. The minimum absolute atomic E-state index is 0.0678. The summed E-state index contributed by atoms with van der Waals surface area (Å²) in [5.41, 5.74) is -6.92. The highest BCUT2D eigenvalue weighted by Crippen LogP contribution is 2.69. The summed E-state index contributed by atoms with van der Waals surface area (Å²) in [4.78, 5) is 53.5. The van der Waals surface area contributed by atoms with Crippen molar-refractivity contribution in [2.45, 2.75) is 81.8 Å². The second-order valence-electron chi connectivity index (χ2n) is 13.4. The Morgan fingerprint density at radius 2 is 1.40 bits per heavy atom. The van der Waals surface area contributed by atoms with Crippen LogP contribution in [-0.2, 0) is 28.5 Å². The molecule has 1 aliphatic heterocycles. The molecule has 1 aromatic heterocycles. The van der Waals surface area contributed by atoms with Crippen molar-refractivity contribution in [1.82, 2.24) is 0 Å². The van der Waals surface area contributed by atoms with Crippen molar-refractivity contribution in [1.29, 1.82) is 0 Å². The van der Waals surface area contributed by atoms with Crippen LogP contribution < -0.4 is 0 Å². The lowest BCUT2D eigenvalue weighted by Gasteiger charge is -2.65. The summed E-state index contributed by atoms with van der Waals surface area (Å²) in [6.45, 7) is 5.13. The Kier molecular flexibility index (Phi) is 8.47. The topological polar surface area (TPSA) is 168 Å². The number of carbonyl (C=O) groups excluding carboxylic acids is 4. The number of furan rings is 1. The van der Waals surface area contributed by atoms with E-state index in [9.17, 15) is 29.4 Å². The maximum atomic E-state index is 13.7. The molecule has 8 atom stereocenters. The van der Waals surface area contributed by atoms with Gasteiger partial charge in [-0.3, -0.25) is 4.79 Å². The van der Waals surface area contributed by atoms with Gasteiger partial charge < -0.3 is 38.3 Å². The molecule has 0 radical (unpaired) electrons. The third kappa shape index (κ3) is 5.19. The van der Waals surface area contributed by atoms with E-state index in [0.29, 0.717) is 0 Å². The summed E-state index contributed by atoms with van der Waals surface area (Å²) in [7, 11) is 0. The molecule has 0 unspecified atom stereocenters. The number of benzene rings is 2. The molecule has 3 aromatic rings. The first-order chi connectivity index (χ1) is 22.8. The van der Waals surface area contributed by atoms with Crippen LogP contribution in [0.5, 0.6) is 0 Å². The third-order valence-corrected chi connectivity index (χ3v) is 10.1. The maximum Gasteiger partial charge on any atom is 0.374 e. The molecule has 254 valence electrons. The van der Waals surface area contributed by atoms with Crippen LogP contribution in [0.2, 0.25) is 0 Å². The highest BCUT2D eigenvalue weighted by atomic mass is 16.6. The van der Waals surface area contributed by atoms with E-state index in [2.05, 4.69) is 0 Å². The number of aliphatic hydroxyl groups excluding tert-OH is 1. The van der Waals surface area contributed by atoms with Gasteiger partial charge in [-0.1, -0.05) is 36.4 Å². The van der Waals surface area contributed by atoms with Crippen LogP contribution in [0.15, 0.2) is 83.5 Å². The van der Waals surface area contributed by atoms with E-state index in [0.717, 1.165) is 6.92 Å². The van der Waals surface area contributed by atoms with Crippen LogP contribution >= 0.6 is 0 Å². The molecule has 2 heterocycles. The van der Waals surface area contributed by atoms with Crippen molar-refractivity contribution in [3.8, 4) is 0 Å². The van der Waals surface area contributed by atoms with E-state index in [1.165, 1.54) is 37.5 Å².